The van der Waals surface area contributed by atoms with E-state index < -0.39 is 72.7 Å². The fourth-order valence-electron chi connectivity index (χ4n) is 3.72. The van der Waals surface area contributed by atoms with Crippen molar-refractivity contribution in [2.75, 3.05) is 19.7 Å². The number of piperidine rings is 1. The number of alkyl halides is 7. The van der Waals surface area contributed by atoms with Crippen molar-refractivity contribution in [1.29, 1.82) is 0 Å². The lowest BCUT2D eigenvalue weighted by atomic mass is 9.89. The third-order valence-corrected chi connectivity index (χ3v) is 5.58. The zero-order valence-electron chi connectivity index (χ0n) is 17.3. The van der Waals surface area contributed by atoms with Gasteiger partial charge in [0.05, 0.1) is 18.7 Å². The fraction of sp³-hybridized carbons (Fsp3) is 0.778. The van der Waals surface area contributed by atoms with Gasteiger partial charge in [-0.3, -0.25) is 9.69 Å². The van der Waals surface area contributed by atoms with Crippen molar-refractivity contribution in [3.8, 4) is 0 Å². The summed E-state index contributed by atoms with van der Waals surface area (Å²) in [6.07, 6.45) is -10.7. The van der Waals surface area contributed by atoms with Gasteiger partial charge in [-0.1, -0.05) is 6.42 Å². The number of carbonyl (C=O) groups is 2. The van der Waals surface area contributed by atoms with Crippen LogP contribution in [-0.4, -0.2) is 105 Å². The topological polar surface area (TPSA) is 140 Å². The minimum Gasteiger partial charge on any atom is -0.478 e. The van der Waals surface area contributed by atoms with Gasteiger partial charge >= 0.3 is 24.0 Å². The van der Waals surface area contributed by atoms with E-state index in [-0.39, 0.29) is 13.1 Å². The average Bonchev–Trinajstić information content (AvgIpc) is 2.77. The number of aliphatic hydroxyl groups excluding tert-OH is 3. The second-order valence-corrected chi connectivity index (χ2v) is 7.89. The molecule has 0 bridgehead atoms. The van der Waals surface area contributed by atoms with E-state index in [2.05, 4.69) is 0 Å². The van der Waals surface area contributed by atoms with E-state index in [0.717, 1.165) is 12.5 Å². The molecule has 0 aromatic carbocycles. The van der Waals surface area contributed by atoms with Gasteiger partial charge in [0.25, 0.3) is 5.91 Å². The molecule has 0 aliphatic carbocycles. The first-order valence-electron chi connectivity index (χ1n) is 10.0. The van der Waals surface area contributed by atoms with E-state index in [9.17, 15) is 55.6 Å². The van der Waals surface area contributed by atoms with Crippen LogP contribution in [0.25, 0.3) is 0 Å². The largest absolute Gasteiger partial charge is 0.478 e. The minimum atomic E-state index is -6.79. The molecular formula is C18H23F7N2O7. The normalized spacial score (nSPS) is 26.8. The number of rotatable bonds is 8. The second-order valence-electron chi connectivity index (χ2n) is 7.89. The highest BCUT2D eigenvalue weighted by molar-refractivity contribution is 5.86. The third-order valence-electron chi connectivity index (χ3n) is 5.58. The summed E-state index contributed by atoms with van der Waals surface area (Å²) in [5.41, 5.74) is 0. The number of ether oxygens (including phenoxy) is 1. The fourth-order valence-corrected chi connectivity index (χ4v) is 3.72. The molecule has 34 heavy (non-hydrogen) atoms. The van der Waals surface area contributed by atoms with Crippen molar-refractivity contribution < 1.29 is 65.5 Å². The summed E-state index contributed by atoms with van der Waals surface area (Å²) in [6, 6.07) is -3.43. The van der Waals surface area contributed by atoms with Crippen LogP contribution < -0.4 is 5.32 Å². The lowest BCUT2D eigenvalue weighted by Gasteiger charge is -2.45. The van der Waals surface area contributed by atoms with E-state index in [1.165, 1.54) is 10.2 Å². The first kappa shape index (κ1) is 28.1. The molecule has 0 unspecified atom stereocenters. The van der Waals surface area contributed by atoms with Crippen LogP contribution in [0.2, 0.25) is 0 Å². The van der Waals surface area contributed by atoms with Crippen molar-refractivity contribution in [2.45, 2.75) is 67.7 Å². The first-order valence-corrected chi connectivity index (χ1v) is 10.0. The zero-order valence-corrected chi connectivity index (χ0v) is 17.3. The Hall–Kier alpha value is -2.17. The molecule has 0 radical (unpaired) electrons. The van der Waals surface area contributed by atoms with Gasteiger partial charge in [0, 0.05) is 0 Å². The average molecular weight is 512 g/mol. The Bertz CT molecular complexity index is 787. The molecule has 1 saturated heterocycles. The quantitative estimate of drug-likeness (QED) is 0.292. The summed E-state index contributed by atoms with van der Waals surface area (Å²) in [5, 5.41) is 39.8. The van der Waals surface area contributed by atoms with Gasteiger partial charge in [0.1, 0.15) is 18.3 Å². The number of halogens is 7. The number of likely N-dealkylation sites (tertiary alicyclic amines) is 1. The molecule has 0 aromatic heterocycles. The van der Waals surface area contributed by atoms with Gasteiger partial charge in [-0.25, -0.2) is 4.79 Å². The number of amides is 1. The number of carboxylic acids is 1. The SMILES string of the molecule is O=C(O)C1=C[C@@H](N2CCCCC2)[C@@H](NC(=O)C(F)(F)C(F)(F)C(F)(F)F)[C@@H]([C@@H](O)[C@H](O)CO)O1. The highest BCUT2D eigenvalue weighted by Gasteiger charge is 2.76. The van der Waals surface area contributed by atoms with Crippen LogP contribution in [0.4, 0.5) is 30.7 Å². The van der Waals surface area contributed by atoms with Crippen LogP contribution in [0.1, 0.15) is 19.3 Å². The minimum absolute atomic E-state index is 0.195. The Morgan fingerprint density at radius 3 is 2.12 bits per heavy atom. The van der Waals surface area contributed by atoms with Crippen molar-refractivity contribution >= 4 is 11.9 Å². The Morgan fingerprint density at radius 2 is 1.65 bits per heavy atom. The molecule has 16 heteroatoms. The van der Waals surface area contributed by atoms with Crippen LogP contribution in [0.15, 0.2) is 11.8 Å². The molecule has 196 valence electrons. The predicted molar refractivity (Wildman–Crippen MR) is 96.8 cm³/mol. The maximum atomic E-state index is 14.0. The summed E-state index contributed by atoms with van der Waals surface area (Å²) < 4.78 is 97.2. The lowest BCUT2D eigenvalue weighted by molar-refractivity contribution is -0.344. The molecule has 2 aliphatic rings. The maximum Gasteiger partial charge on any atom is 0.460 e. The zero-order chi connectivity index (χ0) is 26.1. The summed E-state index contributed by atoms with van der Waals surface area (Å²) in [7, 11) is 0. The molecule has 5 N–H and O–H groups in total. The van der Waals surface area contributed by atoms with Crippen molar-refractivity contribution in [2.24, 2.45) is 0 Å². The molecule has 9 nitrogen and oxygen atoms in total. The number of carboxylic acid groups (broad SMARTS) is 1. The van der Waals surface area contributed by atoms with Gasteiger partial charge < -0.3 is 30.5 Å². The highest BCUT2D eigenvalue weighted by atomic mass is 19.4. The molecule has 5 atom stereocenters. The Balaban J connectivity index is 2.51. The summed E-state index contributed by atoms with van der Waals surface area (Å²) in [5.74, 6) is -18.7. The smallest absolute Gasteiger partial charge is 0.460 e. The maximum absolute atomic E-state index is 14.0. The van der Waals surface area contributed by atoms with Gasteiger partial charge in [-0.15, -0.1) is 0 Å². The number of carbonyl (C=O) groups excluding carboxylic acids is 1. The Kier molecular flexibility index (Phi) is 8.43. The molecule has 1 fully saturated rings. The molecular weight excluding hydrogens is 489 g/mol. The van der Waals surface area contributed by atoms with Gasteiger partial charge in [0.2, 0.25) is 5.76 Å². The Morgan fingerprint density at radius 1 is 1.09 bits per heavy atom. The van der Waals surface area contributed by atoms with E-state index in [1.54, 1.807) is 0 Å². The summed E-state index contributed by atoms with van der Waals surface area (Å²) >= 11 is 0. The lowest BCUT2D eigenvalue weighted by Crippen LogP contribution is -2.68. The molecule has 2 rings (SSSR count). The van der Waals surface area contributed by atoms with E-state index in [4.69, 9.17) is 9.84 Å². The summed E-state index contributed by atoms with van der Waals surface area (Å²) in [6.45, 7) is -0.758. The van der Waals surface area contributed by atoms with Crippen LogP contribution in [0.5, 0.6) is 0 Å². The Labute approximate surface area is 187 Å². The van der Waals surface area contributed by atoms with Crippen molar-refractivity contribution in [3.05, 3.63) is 11.8 Å². The number of nitrogens with zero attached hydrogens (tertiary/aromatic N) is 1. The van der Waals surface area contributed by atoms with E-state index in [0.29, 0.717) is 12.8 Å². The number of hydrogen-bond acceptors (Lipinski definition) is 7. The standard InChI is InChI=1S/C18H23F7N2O7/c19-16(20,17(21,22)18(23,24)25)15(33)26-11-8(27-4-2-1-3-5-27)6-10(14(31)32)34-13(11)12(30)9(29)7-28/h6,8-9,11-13,28-30H,1-5,7H2,(H,26,33)(H,31,32)/t8-,9-,11-,12+,13+/m1/s1. The van der Waals surface area contributed by atoms with Crippen LogP contribution in [0.3, 0.4) is 0 Å². The highest BCUT2D eigenvalue weighted by Crippen LogP contribution is 2.46. The molecule has 0 aromatic rings. The summed E-state index contributed by atoms with van der Waals surface area (Å²) in [4.78, 5) is 25.0. The molecule has 0 spiro atoms. The molecule has 2 aliphatic heterocycles. The van der Waals surface area contributed by atoms with Crippen molar-refractivity contribution in [3.63, 3.8) is 0 Å². The first-order chi connectivity index (χ1) is 15.6. The van der Waals surface area contributed by atoms with Crippen LogP contribution in [-0.2, 0) is 14.3 Å². The molecule has 0 saturated carbocycles. The monoisotopic (exact) mass is 512 g/mol. The van der Waals surface area contributed by atoms with Gasteiger partial charge in [-0.05, 0) is 32.0 Å². The van der Waals surface area contributed by atoms with Crippen molar-refractivity contribution in [1.82, 2.24) is 10.2 Å². The molecule has 2 heterocycles. The number of hydrogen-bond donors (Lipinski definition) is 5. The van der Waals surface area contributed by atoms with Crippen LogP contribution in [0, 0.1) is 0 Å². The third kappa shape index (κ3) is 5.39. The van der Waals surface area contributed by atoms with E-state index >= 15 is 0 Å². The van der Waals surface area contributed by atoms with Crippen LogP contribution >= 0.6 is 0 Å². The predicted octanol–water partition coefficient (Wildman–Crippen LogP) is 0.240. The van der Waals surface area contributed by atoms with E-state index in [1.807, 2.05) is 0 Å². The number of nitrogens with one attached hydrogen (secondary N) is 1. The van der Waals surface area contributed by atoms with Gasteiger partial charge in [-0.2, -0.15) is 30.7 Å². The van der Waals surface area contributed by atoms with Gasteiger partial charge in [0.15, 0.2) is 0 Å². The number of aliphatic hydroxyl groups is 3. The molecule has 1 amide bonds. The second kappa shape index (κ2) is 10.2. The number of aliphatic carboxylic acids is 1.